The van der Waals surface area contributed by atoms with Gasteiger partial charge in [-0.1, -0.05) is 45.8 Å². The summed E-state index contributed by atoms with van der Waals surface area (Å²) in [4.78, 5) is 51.5. The highest BCUT2D eigenvalue weighted by atomic mass is 79.9. The van der Waals surface area contributed by atoms with Crippen LogP contribution >= 0.6 is 39.1 Å². The number of halogens is 8. The van der Waals surface area contributed by atoms with Crippen LogP contribution in [-0.4, -0.2) is 38.5 Å². The Hall–Kier alpha value is -3.81. The molecule has 0 bridgehead atoms. The van der Waals surface area contributed by atoms with Crippen LogP contribution in [0.3, 0.4) is 0 Å². The molecule has 0 aromatic heterocycles. The molecule has 4 aliphatic rings. The molecule has 3 fully saturated rings. The van der Waals surface area contributed by atoms with Gasteiger partial charge in [0.05, 0.1) is 17.5 Å². The van der Waals surface area contributed by atoms with Gasteiger partial charge in [0.2, 0.25) is 17.6 Å². The summed E-state index contributed by atoms with van der Waals surface area (Å²) >= 11 is 17.4. The van der Waals surface area contributed by atoms with E-state index >= 15 is 8.78 Å². The fourth-order valence-corrected chi connectivity index (χ4v) is 8.81. The average Bonchev–Trinajstić information content (AvgIpc) is 3.39. The molecule has 15 heteroatoms. The molecular weight excluding hydrogens is 738 g/mol. The van der Waals surface area contributed by atoms with E-state index in [1.807, 2.05) is 0 Å². The number of hydrogen-bond acceptors (Lipinski definition) is 5. The molecule has 0 radical (unpaired) electrons. The molecule has 1 N–H and O–H groups in total. The van der Waals surface area contributed by atoms with E-state index in [9.17, 15) is 37.5 Å². The number of rotatable bonds is 3. The minimum absolute atomic E-state index is 0.0264. The van der Waals surface area contributed by atoms with Gasteiger partial charge in [-0.25, -0.2) is 26.9 Å². The Balaban J connectivity index is 1.45. The maximum Gasteiger partial charge on any atom is 0.258 e. The summed E-state index contributed by atoms with van der Waals surface area (Å²) in [6, 6.07) is 12.1. The molecular formula is C32H18BrCl2F5N2O5. The number of benzene rings is 3. The number of hydrogen-bond donors (Lipinski definition) is 1. The second-order valence-electron chi connectivity index (χ2n) is 11.7. The molecule has 3 aromatic carbocycles. The fraction of sp³-hybridized carbons (Fsp3) is 0.250. The minimum Gasteiger partial charge on any atom is -0.508 e. The first-order chi connectivity index (χ1) is 22.2. The molecule has 3 aromatic rings. The normalized spacial score (nSPS) is 30.0. The Kier molecular flexibility index (Phi) is 7.16. The summed E-state index contributed by atoms with van der Waals surface area (Å²) in [7, 11) is 0. The highest BCUT2D eigenvalue weighted by molar-refractivity contribution is 9.10. The number of carbonyl (C=O) groups excluding carboxylic acids is 4. The smallest absolute Gasteiger partial charge is 0.258 e. The van der Waals surface area contributed by atoms with Crippen molar-refractivity contribution in [3.05, 3.63) is 99.3 Å². The summed E-state index contributed by atoms with van der Waals surface area (Å²) in [6.07, 6.45) is 0.881. The zero-order chi connectivity index (χ0) is 33.9. The van der Waals surface area contributed by atoms with Crippen molar-refractivity contribution in [3.8, 4) is 5.75 Å². The molecule has 7 rings (SSSR count). The molecule has 7 nitrogen and oxygen atoms in total. The van der Waals surface area contributed by atoms with Crippen molar-refractivity contribution in [2.75, 3.05) is 9.80 Å². The topological polar surface area (TPSA) is 95.0 Å². The summed E-state index contributed by atoms with van der Waals surface area (Å²) in [6.45, 7) is 0. The van der Waals surface area contributed by atoms with E-state index in [0.717, 1.165) is 4.90 Å². The predicted octanol–water partition coefficient (Wildman–Crippen LogP) is 6.62. The Morgan fingerprint density at radius 1 is 0.787 bits per heavy atom. The lowest BCUT2D eigenvalue weighted by atomic mass is 9.56. The maximum absolute atomic E-state index is 15.1. The lowest BCUT2D eigenvalue weighted by molar-refractivity contribution is -0.125. The van der Waals surface area contributed by atoms with Gasteiger partial charge in [0.15, 0.2) is 33.0 Å². The summed E-state index contributed by atoms with van der Waals surface area (Å²) < 4.78 is 73.3. The van der Waals surface area contributed by atoms with E-state index in [1.165, 1.54) is 18.2 Å². The number of aromatic hydroxyl groups is 1. The van der Waals surface area contributed by atoms with Crippen molar-refractivity contribution >= 4 is 74.1 Å². The first-order valence-corrected chi connectivity index (χ1v) is 15.6. The third-order valence-corrected chi connectivity index (χ3v) is 11.4. The molecule has 6 atom stereocenters. The number of phenolic OH excluding ortho intramolecular Hbond substituents is 1. The molecule has 2 heterocycles. The van der Waals surface area contributed by atoms with Gasteiger partial charge in [0, 0.05) is 16.0 Å². The van der Waals surface area contributed by atoms with Crippen LogP contribution < -0.4 is 9.80 Å². The Bertz CT molecular complexity index is 1970. The molecule has 6 unspecified atom stereocenters. The standard InChI is InChI=1S/C32H18BrCl2F5N2O5/c33-12-6-9-18(43)16(10-12)20-14-7-8-15-19(28(45)41(27(15)44)13-4-2-1-3-5-13)17(14)11-31(34)29(46)42(30(47)32(20,31)35)26-24(39)22(37)21(36)23(38)25(26)40/h1-7,9-10,15,17,19-20,43H,8,11H2. The van der Waals surface area contributed by atoms with Crippen molar-refractivity contribution in [1.29, 1.82) is 0 Å². The van der Waals surface area contributed by atoms with Gasteiger partial charge >= 0.3 is 0 Å². The first kappa shape index (κ1) is 31.8. The third-order valence-electron chi connectivity index (χ3n) is 9.54. The molecule has 1 saturated carbocycles. The summed E-state index contributed by atoms with van der Waals surface area (Å²) in [5.74, 6) is -21.9. The highest BCUT2D eigenvalue weighted by Crippen LogP contribution is 2.66. The van der Waals surface area contributed by atoms with Crippen molar-refractivity contribution < 1.29 is 46.2 Å². The molecule has 2 saturated heterocycles. The lowest BCUT2D eigenvalue weighted by Gasteiger charge is -2.50. The number of nitrogens with zero attached hydrogens (tertiary/aromatic N) is 2. The van der Waals surface area contributed by atoms with E-state index in [2.05, 4.69) is 15.9 Å². The predicted molar refractivity (Wildman–Crippen MR) is 161 cm³/mol. The quantitative estimate of drug-likeness (QED) is 0.0811. The second-order valence-corrected chi connectivity index (χ2v) is 13.9. The van der Waals surface area contributed by atoms with Crippen LogP contribution in [0.5, 0.6) is 5.75 Å². The van der Waals surface area contributed by atoms with Crippen LogP contribution in [0.15, 0.2) is 64.7 Å². The molecule has 2 aliphatic heterocycles. The molecule has 2 aliphatic carbocycles. The van der Waals surface area contributed by atoms with Crippen molar-refractivity contribution in [3.63, 3.8) is 0 Å². The van der Waals surface area contributed by atoms with Gasteiger partial charge in [-0.05, 0) is 49.1 Å². The Morgan fingerprint density at radius 2 is 1.40 bits per heavy atom. The van der Waals surface area contributed by atoms with E-state index in [0.29, 0.717) is 4.47 Å². The SMILES string of the molecule is O=C1C2CC=C3C(CC4(Cl)C(=O)N(c5c(F)c(F)c(F)c(F)c5F)C(=O)C4(Cl)C3c3cc(Br)ccc3O)C2C(=O)N1c1ccccc1. The van der Waals surface area contributed by atoms with E-state index < -0.39 is 104 Å². The zero-order valence-corrected chi connectivity index (χ0v) is 26.5. The first-order valence-electron chi connectivity index (χ1n) is 14.1. The molecule has 242 valence electrons. The third kappa shape index (κ3) is 4.02. The molecule has 0 spiro atoms. The monoisotopic (exact) mass is 754 g/mol. The van der Waals surface area contributed by atoms with Crippen molar-refractivity contribution in [2.24, 2.45) is 17.8 Å². The maximum atomic E-state index is 15.1. The van der Waals surface area contributed by atoms with Crippen LogP contribution in [0.4, 0.5) is 33.3 Å². The van der Waals surface area contributed by atoms with Crippen molar-refractivity contribution in [2.45, 2.75) is 28.5 Å². The number of anilines is 2. The van der Waals surface area contributed by atoms with Crippen LogP contribution in [0.2, 0.25) is 0 Å². The second kappa shape index (κ2) is 10.6. The van der Waals surface area contributed by atoms with Gasteiger partial charge < -0.3 is 5.11 Å². The Morgan fingerprint density at radius 3 is 2.04 bits per heavy atom. The van der Waals surface area contributed by atoms with Gasteiger partial charge in [0.25, 0.3) is 11.8 Å². The molecule has 47 heavy (non-hydrogen) atoms. The average molecular weight is 756 g/mol. The van der Waals surface area contributed by atoms with Crippen LogP contribution in [-0.2, 0) is 19.2 Å². The summed E-state index contributed by atoms with van der Waals surface area (Å²) in [5, 5.41) is 11.0. The number of allylic oxidation sites excluding steroid dienone is 2. The number of carbonyl (C=O) groups is 4. The lowest BCUT2D eigenvalue weighted by Crippen LogP contribution is -2.60. The Labute approximate surface area is 280 Å². The highest BCUT2D eigenvalue weighted by Gasteiger charge is 2.77. The van der Waals surface area contributed by atoms with Gasteiger partial charge in [0.1, 0.15) is 11.4 Å². The van der Waals surface area contributed by atoms with Crippen molar-refractivity contribution in [1.82, 2.24) is 0 Å². The van der Waals surface area contributed by atoms with Gasteiger partial charge in [-0.3, -0.25) is 24.1 Å². The zero-order valence-electron chi connectivity index (χ0n) is 23.4. The van der Waals surface area contributed by atoms with Gasteiger partial charge in [-0.2, -0.15) is 0 Å². The van der Waals surface area contributed by atoms with Crippen LogP contribution in [0.1, 0.15) is 24.3 Å². The largest absolute Gasteiger partial charge is 0.508 e. The number of para-hydroxylation sites is 1. The number of fused-ring (bicyclic) bond motifs is 4. The summed E-state index contributed by atoms with van der Waals surface area (Å²) in [5.41, 5.74) is -1.46. The number of imide groups is 2. The van der Waals surface area contributed by atoms with E-state index in [4.69, 9.17) is 23.2 Å². The van der Waals surface area contributed by atoms with E-state index in [1.54, 1.807) is 36.4 Å². The van der Waals surface area contributed by atoms with E-state index in [-0.39, 0.29) is 28.1 Å². The fourth-order valence-electron chi connectivity index (χ4n) is 7.50. The van der Waals surface area contributed by atoms with Gasteiger partial charge in [-0.15, -0.1) is 23.2 Å². The number of amides is 4. The molecule has 4 amide bonds. The minimum atomic E-state index is -2.73. The van der Waals surface area contributed by atoms with Crippen LogP contribution in [0.25, 0.3) is 0 Å². The number of alkyl halides is 2. The van der Waals surface area contributed by atoms with Crippen LogP contribution in [0, 0.1) is 46.8 Å². The number of phenols is 1.